The number of fused-ring (bicyclic) bond motifs is 1. The van der Waals surface area contributed by atoms with Crippen LogP contribution in [-0.4, -0.2) is 18.5 Å². The Balaban J connectivity index is 2.48. The maximum absolute atomic E-state index is 5.69. The first-order chi connectivity index (χ1) is 6.27. The van der Waals surface area contributed by atoms with Gasteiger partial charge in [0.25, 0.3) is 0 Å². The van der Waals surface area contributed by atoms with Gasteiger partial charge in [0.15, 0.2) is 0 Å². The Morgan fingerprint density at radius 2 is 2.23 bits per heavy atom. The lowest BCUT2D eigenvalue weighted by molar-refractivity contribution is 0.295. The number of hydrogen-bond acceptors (Lipinski definition) is 3. The zero-order valence-electron chi connectivity index (χ0n) is 7.53. The van der Waals surface area contributed by atoms with Crippen LogP contribution in [0.15, 0.2) is 29.3 Å². The molecule has 0 unspecified atom stereocenters. The van der Waals surface area contributed by atoms with Crippen molar-refractivity contribution >= 4 is 5.71 Å². The van der Waals surface area contributed by atoms with Gasteiger partial charge in [0.1, 0.15) is 18.5 Å². The van der Waals surface area contributed by atoms with Gasteiger partial charge in [-0.05, 0) is 19.1 Å². The first kappa shape index (κ1) is 8.26. The first-order valence-electron chi connectivity index (χ1n) is 4.29. The van der Waals surface area contributed by atoms with Gasteiger partial charge in [0, 0.05) is 11.3 Å². The van der Waals surface area contributed by atoms with Gasteiger partial charge in [-0.1, -0.05) is 12.1 Å². The van der Waals surface area contributed by atoms with E-state index in [1.165, 1.54) is 0 Å². The van der Waals surface area contributed by atoms with Crippen LogP contribution in [-0.2, 0) is 0 Å². The van der Waals surface area contributed by atoms with Crippen LogP contribution in [0.1, 0.15) is 12.5 Å². The fourth-order valence-corrected chi connectivity index (χ4v) is 1.42. The lowest BCUT2D eigenvalue weighted by Gasteiger charge is -2.06. The molecule has 68 valence electrons. The summed E-state index contributed by atoms with van der Waals surface area (Å²) < 4.78 is 5.49. The maximum Gasteiger partial charge on any atom is 0.132 e. The van der Waals surface area contributed by atoms with Crippen LogP contribution in [0.25, 0.3) is 0 Å². The Morgan fingerprint density at radius 3 is 3.08 bits per heavy atom. The number of para-hydroxylation sites is 1. The molecule has 1 aromatic rings. The second kappa shape index (κ2) is 3.18. The van der Waals surface area contributed by atoms with Crippen LogP contribution < -0.4 is 10.5 Å². The topological polar surface area (TPSA) is 47.6 Å². The van der Waals surface area contributed by atoms with E-state index < -0.39 is 0 Å². The fraction of sp³-hybridized carbons (Fsp3) is 0.300. The number of nitrogens with two attached hydrogens (primary N) is 1. The zero-order chi connectivity index (χ0) is 9.26. The molecule has 0 radical (unpaired) electrons. The number of rotatable bonds is 0. The molecule has 0 aromatic heterocycles. The Bertz CT molecular complexity index is 347. The molecule has 1 aliphatic heterocycles. The van der Waals surface area contributed by atoms with Crippen molar-refractivity contribution in [2.45, 2.75) is 13.1 Å². The SMILES string of the molecule is CC1=N[C@H](N)COc2ccccc21. The molecule has 3 nitrogen and oxygen atoms in total. The quantitative estimate of drug-likeness (QED) is 0.645. The summed E-state index contributed by atoms with van der Waals surface area (Å²) in [4.78, 5) is 4.29. The molecule has 0 aliphatic carbocycles. The van der Waals surface area contributed by atoms with E-state index in [4.69, 9.17) is 10.5 Å². The minimum absolute atomic E-state index is 0.243. The van der Waals surface area contributed by atoms with E-state index >= 15 is 0 Å². The molecule has 0 amide bonds. The first-order valence-corrected chi connectivity index (χ1v) is 4.29. The molecular weight excluding hydrogens is 164 g/mol. The largest absolute Gasteiger partial charge is 0.489 e. The van der Waals surface area contributed by atoms with Crippen LogP contribution >= 0.6 is 0 Å². The van der Waals surface area contributed by atoms with Gasteiger partial charge in [0.05, 0.1) is 0 Å². The highest BCUT2D eigenvalue weighted by Gasteiger charge is 2.12. The van der Waals surface area contributed by atoms with E-state index in [0.717, 1.165) is 17.0 Å². The molecule has 1 aliphatic rings. The van der Waals surface area contributed by atoms with Crippen LogP contribution in [0.2, 0.25) is 0 Å². The fourth-order valence-electron chi connectivity index (χ4n) is 1.42. The smallest absolute Gasteiger partial charge is 0.132 e. The van der Waals surface area contributed by atoms with Crippen molar-refractivity contribution in [3.05, 3.63) is 29.8 Å². The highest BCUT2D eigenvalue weighted by molar-refractivity contribution is 6.01. The minimum atomic E-state index is -0.243. The summed E-state index contributed by atoms with van der Waals surface area (Å²) in [5, 5.41) is 0. The van der Waals surface area contributed by atoms with Crippen LogP contribution in [0.4, 0.5) is 0 Å². The number of hydrogen-bond donors (Lipinski definition) is 1. The van der Waals surface area contributed by atoms with Crippen molar-refractivity contribution in [3.63, 3.8) is 0 Å². The van der Waals surface area contributed by atoms with Gasteiger partial charge < -0.3 is 10.5 Å². The molecular formula is C10H12N2O. The van der Waals surface area contributed by atoms with E-state index in [0.29, 0.717) is 6.61 Å². The second-order valence-corrected chi connectivity index (χ2v) is 3.09. The summed E-state index contributed by atoms with van der Waals surface area (Å²) in [6.45, 7) is 2.40. The number of nitrogens with zero attached hydrogens (tertiary/aromatic N) is 1. The van der Waals surface area contributed by atoms with Crippen molar-refractivity contribution in [2.24, 2.45) is 10.7 Å². The van der Waals surface area contributed by atoms with Crippen molar-refractivity contribution in [2.75, 3.05) is 6.61 Å². The van der Waals surface area contributed by atoms with E-state index in [1.807, 2.05) is 31.2 Å². The molecule has 1 atom stereocenters. The molecule has 0 fully saturated rings. The van der Waals surface area contributed by atoms with Gasteiger partial charge in [-0.25, -0.2) is 0 Å². The highest BCUT2D eigenvalue weighted by Crippen LogP contribution is 2.21. The van der Waals surface area contributed by atoms with Gasteiger partial charge in [-0.2, -0.15) is 0 Å². The third-order valence-electron chi connectivity index (χ3n) is 2.05. The highest BCUT2D eigenvalue weighted by atomic mass is 16.5. The molecule has 0 spiro atoms. The van der Waals surface area contributed by atoms with Crippen molar-refractivity contribution in [1.29, 1.82) is 0 Å². The molecule has 0 saturated heterocycles. The monoisotopic (exact) mass is 176 g/mol. The molecule has 0 saturated carbocycles. The Hall–Kier alpha value is -1.35. The number of benzene rings is 1. The van der Waals surface area contributed by atoms with E-state index in [2.05, 4.69) is 4.99 Å². The maximum atomic E-state index is 5.69. The normalized spacial score (nSPS) is 21.1. The van der Waals surface area contributed by atoms with Gasteiger partial charge in [0.2, 0.25) is 0 Å². The second-order valence-electron chi connectivity index (χ2n) is 3.09. The summed E-state index contributed by atoms with van der Waals surface area (Å²) in [7, 11) is 0. The minimum Gasteiger partial charge on any atom is -0.489 e. The summed E-state index contributed by atoms with van der Waals surface area (Å²) in [6.07, 6.45) is -0.243. The molecule has 2 N–H and O–H groups in total. The molecule has 13 heavy (non-hydrogen) atoms. The van der Waals surface area contributed by atoms with Crippen molar-refractivity contribution < 1.29 is 4.74 Å². The van der Waals surface area contributed by atoms with E-state index in [1.54, 1.807) is 0 Å². The number of aliphatic imine (C=N–C) groups is 1. The zero-order valence-corrected chi connectivity index (χ0v) is 7.53. The van der Waals surface area contributed by atoms with Crippen LogP contribution in [0, 0.1) is 0 Å². The van der Waals surface area contributed by atoms with E-state index in [-0.39, 0.29) is 6.17 Å². The van der Waals surface area contributed by atoms with Crippen LogP contribution in [0.3, 0.4) is 0 Å². The van der Waals surface area contributed by atoms with Gasteiger partial charge in [-0.3, -0.25) is 4.99 Å². The summed E-state index contributed by atoms with van der Waals surface area (Å²) >= 11 is 0. The summed E-state index contributed by atoms with van der Waals surface area (Å²) in [6, 6.07) is 7.85. The third kappa shape index (κ3) is 1.55. The molecule has 3 heteroatoms. The Morgan fingerprint density at radius 1 is 1.46 bits per heavy atom. The molecule has 2 rings (SSSR count). The average Bonchev–Trinajstić information content (AvgIpc) is 2.27. The third-order valence-corrected chi connectivity index (χ3v) is 2.05. The Kier molecular flexibility index (Phi) is 2.02. The summed E-state index contributed by atoms with van der Waals surface area (Å²) in [5.74, 6) is 0.872. The van der Waals surface area contributed by atoms with Crippen molar-refractivity contribution in [1.82, 2.24) is 0 Å². The average molecular weight is 176 g/mol. The van der Waals surface area contributed by atoms with Crippen LogP contribution in [0.5, 0.6) is 5.75 Å². The molecule has 1 heterocycles. The molecule has 0 bridgehead atoms. The molecule has 1 aromatic carbocycles. The lowest BCUT2D eigenvalue weighted by Crippen LogP contribution is -2.24. The number of ether oxygens (including phenoxy) is 1. The summed E-state index contributed by atoms with van der Waals surface area (Å²) in [5.41, 5.74) is 7.67. The standard InChI is InChI=1S/C10H12N2O/c1-7-8-4-2-3-5-9(8)13-6-10(11)12-7/h2-5,10H,6,11H2,1H3/t10-/m0/s1. The van der Waals surface area contributed by atoms with Gasteiger partial charge >= 0.3 is 0 Å². The van der Waals surface area contributed by atoms with Gasteiger partial charge in [-0.15, -0.1) is 0 Å². The lowest BCUT2D eigenvalue weighted by atomic mass is 10.1. The predicted octanol–water partition coefficient (Wildman–Crippen LogP) is 1.17. The van der Waals surface area contributed by atoms with Crippen molar-refractivity contribution in [3.8, 4) is 5.75 Å². The van der Waals surface area contributed by atoms with E-state index in [9.17, 15) is 0 Å². The Labute approximate surface area is 77.2 Å². The predicted molar refractivity (Wildman–Crippen MR) is 52.1 cm³/mol.